The van der Waals surface area contributed by atoms with Crippen molar-refractivity contribution in [1.82, 2.24) is 19.4 Å². The summed E-state index contributed by atoms with van der Waals surface area (Å²) in [6.07, 6.45) is 3.02. The van der Waals surface area contributed by atoms with Crippen molar-refractivity contribution >= 4 is 17.4 Å². The number of hydrogen-bond acceptors (Lipinski definition) is 6. The van der Waals surface area contributed by atoms with Gasteiger partial charge in [0.15, 0.2) is 5.69 Å². The first kappa shape index (κ1) is 13.7. The molecule has 0 N–H and O–H groups in total. The fourth-order valence-corrected chi connectivity index (χ4v) is 3.36. The van der Waals surface area contributed by atoms with E-state index in [4.69, 9.17) is 4.74 Å². The van der Waals surface area contributed by atoms with Crippen LogP contribution >= 0.6 is 11.5 Å². The van der Waals surface area contributed by atoms with Gasteiger partial charge in [0.1, 0.15) is 0 Å². The van der Waals surface area contributed by atoms with Gasteiger partial charge in [-0.25, -0.2) is 0 Å². The molecule has 0 saturated carbocycles. The highest BCUT2D eigenvalue weighted by molar-refractivity contribution is 7.03. The maximum absolute atomic E-state index is 12.3. The highest BCUT2D eigenvalue weighted by atomic mass is 32.1. The molecule has 0 radical (unpaired) electrons. The Balaban J connectivity index is 1.58. The Kier molecular flexibility index (Phi) is 4.09. The highest BCUT2D eigenvalue weighted by Gasteiger charge is 2.38. The van der Waals surface area contributed by atoms with Gasteiger partial charge in [-0.2, -0.15) is 0 Å². The molecule has 6 nitrogen and oxygen atoms in total. The number of hydrogen-bond donors (Lipinski definition) is 0. The molecule has 2 saturated heterocycles. The van der Waals surface area contributed by atoms with Crippen LogP contribution in [0.3, 0.4) is 0 Å². The molecule has 2 aliphatic rings. The zero-order chi connectivity index (χ0) is 13.9. The minimum absolute atomic E-state index is 0.00569. The lowest BCUT2D eigenvalue weighted by molar-refractivity contribution is 0.0555. The molecule has 2 unspecified atom stereocenters. The summed E-state index contributed by atoms with van der Waals surface area (Å²) in [6.45, 7) is 7.64. The third kappa shape index (κ3) is 2.74. The van der Waals surface area contributed by atoms with Gasteiger partial charge in [-0.1, -0.05) is 10.6 Å². The standard InChI is InChI=1S/C13H18N4O2S/c1-2-5-19-11-6-10-7-17(4-3-16(10)8-11)13(18)12-9-20-15-14-12/h2,9-11H,1,3-8H2. The molecule has 3 rings (SSSR count). The molecule has 3 heterocycles. The van der Waals surface area contributed by atoms with Crippen molar-refractivity contribution in [2.45, 2.75) is 18.6 Å². The van der Waals surface area contributed by atoms with Crippen molar-refractivity contribution in [3.8, 4) is 0 Å². The van der Waals surface area contributed by atoms with Crippen LogP contribution in [0, 0.1) is 0 Å². The molecule has 0 bridgehead atoms. The van der Waals surface area contributed by atoms with Crippen molar-refractivity contribution < 1.29 is 9.53 Å². The SMILES string of the molecule is C=CCOC1CC2CN(C(=O)c3csnn3)CCN2C1. The van der Waals surface area contributed by atoms with Gasteiger partial charge in [0.05, 0.1) is 12.7 Å². The Morgan fingerprint density at radius 3 is 3.20 bits per heavy atom. The maximum atomic E-state index is 12.3. The van der Waals surface area contributed by atoms with Crippen LogP contribution in [0.2, 0.25) is 0 Å². The predicted molar refractivity (Wildman–Crippen MR) is 75.7 cm³/mol. The van der Waals surface area contributed by atoms with E-state index in [9.17, 15) is 4.79 Å². The van der Waals surface area contributed by atoms with Crippen molar-refractivity contribution in [3.05, 3.63) is 23.7 Å². The van der Waals surface area contributed by atoms with Gasteiger partial charge in [-0.15, -0.1) is 11.7 Å². The third-order valence-corrected chi connectivity index (χ3v) is 4.40. The van der Waals surface area contributed by atoms with Crippen molar-refractivity contribution in [2.24, 2.45) is 0 Å². The molecule has 2 atom stereocenters. The second-order valence-electron chi connectivity index (χ2n) is 5.17. The minimum Gasteiger partial charge on any atom is -0.373 e. The molecular formula is C13H18N4O2S. The van der Waals surface area contributed by atoms with Gasteiger partial charge in [0.2, 0.25) is 0 Å². The first-order valence-electron chi connectivity index (χ1n) is 6.81. The first-order chi connectivity index (χ1) is 9.78. The smallest absolute Gasteiger partial charge is 0.275 e. The van der Waals surface area contributed by atoms with E-state index >= 15 is 0 Å². The van der Waals surface area contributed by atoms with Gasteiger partial charge >= 0.3 is 0 Å². The number of ether oxygens (including phenoxy) is 1. The molecule has 1 amide bonds. The summed E-state index contributed by atoms with van der Waals surface area (Å²) in [5, 5.41) is 5.57. The second-order valence-corrected chi connectivity index (χ2v) is 5.78. The van der Waals surface area contributed by atoms with Crippen molar-refractivity contribution in [2.75, 3.05) is 32.8 Å². The Hall–Kier alpha value is -1.31. The summed E-state index contributed by atoms with van der Waals surface area (Å²) in [7, 11) is 0. The highest BCUT2D eigenvalue weighted by Crippen LogP contribution is 2.24. The fraction of sp³-hybridized carbons (Fsp3) is 0.615. The van der Waals surface area contributed by atoms with Crippen LogP contribution in [-0.4, -0.2) is 70.2 Å². The van der Waals surface area contributed by atoms with Gasteiger partial charge in [-0.05, 0) is 18.0 Å². The lowest BCUT2D eigenvalue weighted by Gasteiger charge is -2.36. The Morgan fingerprint density at radius 1 is 1.55 bits per heavy atom. The summed E-state index contributed by atoms with van der Waals surface area (Å²) in [6, 6.07) is 0.397. The van der Waals surface area contributed by atoms with E-state index in [-0.39, 0.29) is 12.0 Å². The van der Waals surface area contributed by atoms with Crippen LogP contribution in [0.1, 0.15) is 16.9 Å². The zero-order valence-electron chi connectivity index (χ0n) is 11.3. The molecule has 7 heteroatoms. The monoisotopic (exact) mass is 294 g/mol. The molecule has 0 aliphatic carbocycles. The third-order valence-electron chi connectivity index (χ3n) is 3.89. The lowest BCUT2D eigenvalue weighted by atomic mass is 10.1. The van der Waals surface area contributed by atoms with Crippen LogP contribution in [0.5, 0.6) is 0 Å². The average Bonchev–Trinajstić information content (AvgIpc) is 3.12. The van der Waals surface area contributed by atoms with Gasteiger partial charge < -0.3 is 9.64 Å². The Morgan fingerprint density at radius 2 is 2.45 bits per heavy atom. The molecule has 108 valence electrons. The van der Waals surface area contributed by atoms with Crippen LogP contribution in [0.4, 0.5) is 0 Å². The lowest BCUT2D eigenvalue weighted by Crippen LogP contribution is -2.52. The quantitative estimate of drug-likeness (QED) is 0.763. The van der Waals surface area contributed by atoms with E-state index in [1.807, 2.05) is 4.90 Å². The summed E-state index contributed by atoms with van der Waals surface area (Å²) in [5.41, 5.74) is 0.459. The van der Waals surface area contributed by atoms with Crippen LogP contribution < -0.4 is 0 Å². The predicted octanol–water partition coefficient (Wildman–Crippen LogP) is 0.639. The normalized spacial score (nSPS) is 26.5. The van der Waals surface area contributed by atoms with Crippen molar-refractivity contribution in [3.63, 3.8) is 0 Å². The number of aromatic nitrogens is 2. The molecule has 1 aromatic heterocycles. The van der Waals surface area contributed by atoms with Crippen LogP contribution in [-0.2, 0) is 4.74 Å². The number of fused-ring (bicyclic) bond motifs is 1. The Labute approximate surface area is 122 Å². The molecular weight excluding hydrogens is 276 g/mol. The van der Waals surface area contributed by atoms with E-state index in [2.05, 4.69) is 21.1 Å². The average molecular weight is 294 g/mol. The first-order valence-corrected chi connectivity index (χ1v) is 7.64. The van der Waals surface area contributed by atoms with E-state index in [1.54, 1.807) is 11.5 Å². The molecule has 2 aliphatic heterocycles. The van der Waals surface area contributed by atoms with E-state index in [1.165, 1.54) is 11.5 Å². The van der Waals surface area contributed by atoms with Gasteiger partial charge in [0.25, 0.3) is 5.91 Å². The number of nitrogens with zero attached hydrogens (tertiary/aromatic N) is 4. The molecule has 2 fully saturated rings. The number of carbonyl (C=O) groups excluding carboxylic acids is 1. The molecule has 0 aromatic carbocycles. The molecule has 1 aromatic rings. The maximum Gasteiger partial charge on any atom is 0.275 e. The largest absolute Gasteiger partial charge is 0.373 e. The summed E-state index contributed by atoms with van der Waals surface area (Å²) in [5.74, 6) is -0.00569. The van der Waals surface area contributed by atoms with E-state index in [0.29, 0.717) is 18.3 Å². The minimum atomic E-state index is -0.00569. The van der Waals surface area contributed by atoms with Gasteiger partial charge in [-0.3, -0.25) is 9.69 Å². The number of amides is 1. The molecule has 0 spiro atoms. The zero-order valence-corrected chi connectivity index (χ0v) is 12.1. The van der Waals surface area contributed by atoms with E-state index < -0.39 is 0 Å². The second kappa shape index (κ2) is 5.99. The topological polar surface area (TPSA) is 58.6 Å². The Bertz CT molecular complexity index is 479. The van der Waals surface area contributed by atoms with E-state index in [0.717, 1.165) is 32.6 Å². The number of carbonyl (C=O) groups is 1. The summed E-state index contributed by atoms with van der Waals surface area (Å²) in [4.78, 5) is 16.6. The van der Waals surface area contributed by atoms with Gasteiger partial charge in [0, 0.05) is 37.6 Å². The van der Waals surface area contributed by atoms with Crippen LogP contribution in [0.25, 0.3) is 0 Å². The van der Waals surface area contributed by atoms with Crippen LogP contribution in [0.15, 0.2) is 18.0 Å². The molecule has 20 heavy (non-hydrogen) atoms. The number of rotatable bonds is 4. The number of piperazine rings is 1. The van der Waals surface area contributed by atoms with Crippen molar-refractivity contribution in [1.29, 1.82) is 0 Å². The summed E-state index contributed by atoms with van der Waals surface area (Å²) < 4.78 is 9.48. The summed E-state index contributed by atoms with van der Waals surface area (Å²) >= 11 is 1.21. The fourth-order valence-electron chi connectivity index (χ4n) is 2.93.